The van der Waals surface area contributed by atoms with E-state index >= 15 is 0 Å². The minimum Gasteiger partial charge on any atom is -0.497 e. The van der Waals surface area contributed by atoms with Gasteiger partial charge in [-0.3, -0.25) is 0 Å². The van der Waals surface area contributed by atoms with Crippen LogP contribution < -0.4 is 18.9 Å². The number of ether oxygens (including phenoxy) is 4. The molecule has 2 aliphatic rings. The fourth-order valence-electron chi connectivity index (χ4n) is 4.70. The second kappa shape index (κ2) is 10.3. The molecule has 0 radical (unpaired) electrons. The minimum absolute atomic E-state index is 0.0954. The van der Waals surface area contributed by atoms with Gasteiger partial charge in [0.2, 0.25) is 6.23 Å². The molecule has 3 aromatic rings. The Kier molecular flexibility index (Phi) is 6.80. The molecule has 2 heterocycles. The van der Waals surface area contributed by atoms with Gasteiger partial charge in [0, 0.05) is 17.5 Å². The van der Waals surface area contributed by atoms with Crippen LogP contribution in [0.4, 0.5) is 0 Å². The molecule has 0 aliphatic carbocycles. The zero-order valence-electron chi connectivity index (χ0n) is 20.6. The Morgan fingerprint density at radius 1 is 0.943 bits per heavy atom. The molecule has 0 bridgehead atoms. The smallest absolute Gasteiger partial charge is 0.214 e. The lowest BCUT2D eigenvalue weighted by Crippen LogP contribution is -2.33. The molecule has 0 N–H and O–H groups in total. The Hall–Kier alpha value is -3.67. The van der Waals surface area contributed by atoms with Crippen molar-refractivity contribution >= 4 is 5.71 Å². The molecule has 3 aromatic carbocycles. The Labute approximate surface area is 207 Å². The predicted molar refractivity (Wildman–Crippen MR) is 137 cm³/mol. The highest BCUT2D eigenvalue weighted by Gasteiger charge is 2.41. The SMILES string of the molecule is CCCCCOc1ccc([C@@H]2Oc3ccccc3[C@@H]3CC(c4ccc(OC)cc4)=NN32)cc1OC. The molecule has 0 fully saturated rings. The summed E-state index contributed by atoms with van der Waals surface area (Å²) in [7, 11) is 3.35. The van der Waals surface area contributed by atoms with Gasteiger partial charge < -0.3 is 18.9 Å². The van der Waals surface area contributed by atoms with E-state index in [4.69, 9.17) is 24.0 Å². The van der Waals surface area contributed by atoms with Crippen molar-refractivity contribution in [3.63, 3.8) is 0 Å². The Bertz CT molecular complexity index is 1190. The van der Waals surface area contributed by atoms with Crippen molar-refractivity contribution in [2.24, 2.45) is 5.10 Å². The number of benzene rings is 3. The summed E-state index contributed by atoms with van der Waals surface area (Å²) in [6.45, 7) is 2.87. The van der Waals surface area contributed by atoms with Gasteiger partial charge in [-0.1, -0.05) is 38.0 Å². The molecule has 0 amide bonds. The lowest BCUT2D eigenvalue weighted by atomic mass is 9.96. The maximum absolute atomic E-state index is 6.51. The molecular formula is C29H32N2O4. The number of para-hydroxylation sites is 1. The Morgan fingerprint density at radius 2 is 1.77 bits per heavy atom. The van der Waals surface area contributed by atoms with E-state index in [9.17, 15) is 0 Å². The van der Waals surface area contributed by atoms with Gasteiger partial charge in [0.1, 0.15) is 11.5 Å². The molecule has 2 aliphatic heterocycles. The van der Waals surface area contributed by atoms with Crippen LogP contribution in [0.5, 0.6) is 23.0 Å². The van der Waals surface area contributed by atoms with E-state index in [-0.39, 0.29) is 12.3 Å². The van der Waals surface area contributed by atoms with E-state index in [2.05, 4.69) is 36.2 Å². The van der Waals surface area contributed by atoms with Crippen molar-refractivity contribution in [1.29, 1.82) is 0 Å². The zero-order valence-corrected chi connectivity index (χ0v) is 20.6. The number of nitrogens with zero attached hydrogens (tertiary/aromatic N) is 2. The number of fused-ring (bicyclic) bond motifs is 3. The van der Waals surface area contributed by atoms with E-state index in [1.54, 1.807) is 14.2 Å². The molecule has 0 unspecified atom stereocenters. The van der Waals surface area contributed by atoms with Crippen molar-refractivity contribution in [2.45, 2.75) is 44.9 Å². The van der Waals surface area contributed by atoms with Crippen LogP contribution in [0.3, 0.4) is 0 Å². The molecule has 0 aromatic heterocycles. The van der Waals surface area contributed by atoms with Gasteiger partial charge in [-0.2, -0.15) is 5.10 Å². The highest BCUT2D eigenvalue weighted by molar-refractivity contribution is 6.02. The standard InChI is InChI=1S/C29H32N2O4/c1-4-5-8-17-34-27-16-13-21(18-28(27)33-3)29-31-25(23-9-6-7-10-26(23)35-29)19-24(30-31)20-11-14-22(32-2)15-12-20/h6-7,9-16,18,25,29H,4-5,8,17,19H2,1-3H3/t25-,29-/m0/s1. The average Bonchev–Trinajstić information content (AvgIpc) is 3.36. The van der Waals surface area contributed by atoms with Gasteiger partial charge in [-0.25, -0.2) is 5.01 Å². The van der Waals surface area contributed by atoms with Crippen molar-refractivity contribution in [3.8, 4) is 23.0 Å². The number of unbranched alkanes of at least 4 members (excludes halogenated alkanes) is 2. The van der Waals surface area contributed by atoms with Crippen LogP contribution in [0, 0.1) is 0 Å². The van der Waals surface area contributed by atoms with Gasteiger partial charge in [-0.15, -0.1) is 0 Å². The summed E-state index contributed by atoms with van der Waals surface area (Å²) in [6, 6.07) is 22.4. The van der Waals surface area contributed by atoms with Crippen molar-refractivity contribution in [3.05, 3.63) is 83.4 Å². The summed E-state index contributed by atoms with van der Waals surface area (Å²) in [5.41, 5.74) is 4.25. The van der Waals surface area contributed by atoms with Crippen molar-refractivity contribution in [2.75, 3.05) is 20.8 Å². The predicted octanol–water partition coefficient (Wildman–Crippen LogP) is 6.52. The Balaban J connectivity index is 1.46. The summed E-state index contributed by atoms with van der Waals surface area (Å²) in [4.78, 5) is 0. The Morgan fingerprint density at radius 3 is 2.54 bits per heavy atom. The molecule has 182 valence electrons. The first-order chi connectivity index (χ1) is 17.2. The average molecular weight is 473 g/mol. The second-order valence-corrected chi connectivity index (χ2v) is 8.85. The third-order valence-electron chi connectivity index (χ3n) is 6.60. The molecule has 0 spiro atoms. The highest BCUT2D eigenvalue weighted by Crippen LogP contribution is 2.48. The van der Waals surface area contributed by atoms with Gasteiger partial charge in [0.15, 0.2) is 11.5 Å². The zero-order chi connectivity index (χ0) is 24.2. The first kappa shape index (κ1) is 23.1. The normalized spacial score (nSPS) is 18.3. The summed E-state index contributed by atoms with van der Waals surface area (Å²) in [5.74, 6) is 3.19. The minimum atomic E-state index is -0.367. The molecule has 0 saturated carbocycles. The third kappa shape index (κ3) is 4.65. The van der Waals surface area contributed by atoms with Crippen molar-refractivity contribution in [1.82, 2.24) is 5.01 Å². The summed E-state index contributed by atoms with van der Waals surface area (Å²) >= 11 is 0. The molecule has 6 nitrogen and oxygen atoms in total. The maximum Gasteiger partial charge on any atom is 0.214 e. The summed E-state index contributed by atoms with van der Waals surface area (Å²) < 4.78 is 23.5. The lowest BCUT2D eigenvalue weighted by molar-refractivity contribution is -0.0191. The van der Waals surface area contributed by atoms with E-state index in [1.165, 1.54) is 0 Å². The largest absolute Gasteiger partial charge is 0.497 e. The van der Waals surface area contributed by atoms with E-state index in [0.717, 1.165) is 65.3 Å². The van der Waals surface area contributed by atoms with Crippen LogP contribution in [0.25, 0.3) is 0 Å². The second-order valence-electron chi connectivity index (χ2n) is 8.85. The van der Waals surface area contributed by atoms with Crippen LogP contribution in [0.15, 0.2) is 71.8 Å². The first-order valence-corrected chi connectivity index (χ1v) is 12.3. The lowest BCUT2D eigenvalue weighted by Gasteiger charge is -2.38. The first-order valence-electron chi connectivity index (χ1n) is 12.3. The van der Waals surface area contributed by atoms with Gasteiger partial charge in [0.05, 0.1) is 32.6 Å². The third-order valence-corrected chi connectivity index (χ3v) is 6.60. The number of methoxy groups -OCH3 is 2. The van der Waals surface area contributed by atoms with Crippen LogP contribution >= 0.6 is 0 Å². The fraction of sp³-hybridized carbons (Fsp3) is 0.345. The summed E-state index contributed by atoms with van der Waals surface area (Å²) in [6.07, 6.45) is 3.78. The van der Waals surface area contributed by atoms with Crippen LogP contribution in [-0.4, -0.2) is 31.5 Å². The van der Waals surface area contributed by atoms with E-state index < -0.39 is 0 Å². The number of rotatable bonds is 9. The van der Waals surface area contributed by atoms with E-state index in [0.29, 0.717) is 12.4 Å². The number of hydrazone groups is 1. The molecule has 6 heteroatoms. The molecule has 5 rings (SSSR count). The fourth-order valence-corrected chi connectivity index (χ4v) is 4.70. The maximum atomic E-state index is 6.51. The number of hydrogen-bond acceptors (Lipinski definition) is 6. The van der Waals surface area contributed by atoms with Crippen molar-refractivity contribution < 1.29 is 18.9 Å². The monoisotopic (exact) mass is 472 g/mol. The molecule has 0 saturated heterocycles. The number of hydrogen-bond donors (Lipinski definition) is 0. The molecule has 35 heavy (non-hydrogen) atoms. The quantitative estimate of drug-likeness (QED) is 0.332. The molecular weight excluding hydrogens is 440 g/mol. The van der Waals surface area contributed by atoms with Gasteiger partial charge in [-0.05, 0) is 60.5 Å². The van der Waals surface area contributed by atoms with Crippen LogP contribution in [-0.2, 0) is 0 Å². The van der Waals surface area contributed by atoms with Gasteiger partial charge in [0.25, 0.3) is 0 Å². The van der Waals surface area contributed by atoms with Gasteiger partial charge >= 0.3 is 0 Å². The molecule has 2 atom stereocenters. The van der Waals surface area contributed by atoms with E-state index in [1.807, 2.05) is 42.5 Å². The van der Waals surface area contributed by atoms with Crippen LogP contribution in [0.1, 0.15) is 61.6 Å². The summed E-state index contributed by atoms with van der Waals surface area (Å²) in [5, 5.41) is 7.13. The van der Waals surface area contributed by atoms with Crippen LogP contribution in [0.2, 0.25) is 0 Å². The topological polar surface area (TPSA) is 52.5 Å². The highest BCUT2D eigenvalue weighted by atomic mass is 16.5.